The number of carbonyl (C=O) groups excluding carboxylic acids is 1. The summed E-state index contributed by atoms with van der Waals surface area (Å²) in [4.78, 5) is 12.3. The highest BCUT2D eigenvalue weighted by Gasteiger charge is 2.56. The van der Waals surface area contributed by atoms with Crippen molar-refractivity contribution >= 4 is 5.78 Å². The molecule has 2 heterocycles. The third-order valence-corrected chi connectivity index (χ3v) is 3.42. The summed E-state index contributed by atoms with van der Waals surface area (Å²) >= 11 is 0. The van der Waals surface area contributed by atoms with Gasteiger partial charge < -0.3 is 9.47 Å². The van der Waals surface area contributed by atoms with Gasteiger partial charge in [-0.05, 0) is 11.5 Å². The maximum Gasteiger partial charge on any atom is 0.204 e. The van der Waals surface area contributed by atoms with E-state index >= 15 is 0 Å². The van der Waals surface area contributed by atoms with E-state index in [1.54, 1.807) is 0 Å². The van der Waals surface area contributed by atoms with Crippen molar-refractivity contribution in [2.24, 2.45) is 0 Å². The van der Waals surface area contributed by atoms with Crippen LogP contribution in [0.3, 0.4) is 0 Å². The molecular weight excluding hydrogens is 216 g/mol. The number of epoxide rings is 1. The fourth-order valence-corrected chi connectivity index (χ4v) is 2.26. The zero-order valence-corrected chi connectivity index (χ0v) is 10.4. The van der Waals surface area contributed by atoms with Crippen LogP contribution in [0.25, 0.3) is 0 Å². The lowest BCUT2D eigenvalue weighted by Gasteiger charge is -2.28. The smallest absolute Gasteiger partial charge is 0.204 e. The standard InChI is InChI=1S/C14H16O3/c1-13(2,3)10-6-4-5-9-11(10)16-7-14(8-17-14)12(9)15/h4-6H,7-8H2,1-3H3. The highest BCUT2D eigenvalue weighted by atomic mass is 16.6. The second-order valence-corrected chi connectivity index (χ2v) is 5.83. The van der Waals surface area contributed by atoms with Crippen LogP contribution in [0.1, 0.15) is 36.7 Å². The Morgan fingerprint density at radius 1 is 1.24 bits per heavy atom. The quantitative estimate of drug-likeness (QED) is 0.644. The van der Waals surface area contributed by atoms with Crippen molar-refractivity contribution in [1.82, 2.24) is 0 Å². The monoisotopic (exact) mass is 232 g/mol. The Labute approximate surface area is 101 Å². The lowest BCUT2D eigenvalue weighted by Crippen LogP contribution is -2.37. The number of ether oxygens (including phenoxy) is 2. The van der Waals surface area contributed by atoms with E-state index in [1.165, 1.54) is 0 Å². The van der Waals surface area contributed by atoms with Crippen molar-refractivity contribution in [2.75, 3.05) is 13.2 Å². The number of ketones is 1. The third-order valence-electron chi connectivity index (χ3n) is 3.42. The molecule has 0 N–H and O–H groups in total. The van der Waals surface area contributed by atoms with Crippen molar-refractivity contribution in [1.29, 1.82) is 0 Å². The Morgan fingerprint density at radius 3 is 2.53 bits per heavy atom. The van der Waals surface area contributed by atoms with Crippen LogP contribution in [0.15, 0.2) is 18.2 Å². The second-order valence-electron chi connectivity index (χ2n) is 5.83. The molecule has 1 saturated heterocycles. The van der Waals surface area contributed by atoms with Gasteiger partial charge in [0.1, 0.15) is 12.4 Å². The molecule has 1 atom stereocenters. The Kier molecular flexibility index (Phi) is 1.97. The van der Waals surface area contributed by atoms with Crippen molar-refractivity contribution in [3.8, 4) is 5.75 Å². The summed E-state index contributed by atoms with van der Waals surface area (Å²) in [5.41, 5.74) is 1.06. The van der Waals surface area contributed by atoms with E-state index in [1.807, 2.05) is 18.2 Å². The van der Waals surface area contributed by atoms with Gasteiger partial charge in [-0.2, -0.15) is 0 Å². The first-order valence-corrected chi connectivity index (χ1v) is 5.89. The van der Waals surface area contributed by atoms with Gasteiger partial charge in [-0.1, -0.05) is 32.9 Å². The molecule has 17 heavy (non-hydrogen) atoms. The van der Waals surface area contributed by atoms with Gasteiger partial charge in [0.15, 0.2) is 5.60 Å². The molecule has 2 aliphatic heterocycles. The Bertz CT molecular complexity index is 493. The lowest BCUT2D eigenvalue weighted by atomic mass is 9.83. The van der Waals surface area contributed by atoms with Crippen LogP contribution in [-0.4, -0.2) is 24.6 Å². The maximum absolute atomic E-state index is 12.3. The zero-order valence-electron chi connectivity index (χ0n) is 10.4. The first-order valence-electron chi connectivity index (χ1n) is 5.89. The summed E-state index contributed by atoms with van der Waals surface area (Å²) in [5.74, 6) is 0.816. The molecule has 3 nitrogen and oxygen atoms in total. The summed E-state index contributed by atoms with van der Waals surface area (Å²) in [6.45, 7) is 7.20. The minimum Gasteiger partial charge on any atom is -0.489 e. The molecule has 90 valence electrons. The Hall–Kier alpha value is -1.35. The highest BCUT2D eigenvalue weighted by Crippen LogP contribution is 2.43. The molecular formula is C14H16O3. The molecule has 3 heteroatoms. The SMILES string of the molecule is CC(C)(C)c1cccc2c1OCC1(CO1)C2=O. The molecule has 2 aliphatic rings. The van der Waals surface area contributed by atoms with Gasteiger partial charge in [-0.3, -0.25) is 4.79 Å². The largest absolute Gasteiger partial charge is 0.489 e. The van der Waals surface area contributed by atoms with Gasteiger partial charge in [0, 0.05) is 5.56 Å². The molecule has 1 unspecified atom stereocenters. The van der Waals surface area contributed by atoms with Crippen LogP contribution in [-0.2, 0) is 10.2 Å². The number of rotatable bonds is 0. The van der Waals surface area contributed by atoms with Crippen LogP contribution in [0.4, 0.5) is 0 Å². The van der Waals surface area contributed by atoms with E-state index in [9.17, 15) is 4.79 Å². The number of hydrogen-bond donors (Lipinski definition) is 0. The van der Waals surface area contributed by atoms with E-state index in [0.29, 0.717) is 18.8 Å². The maximum atomic E-state index is 12.3. The topological polar surface area (TPSA) is 38.8 Å². The Morgan fingerprint density at radius 2 is 1.94 bits per heavy atom. The first kappa shape index (κ1) is 10.8. The third kappa shape index (κ3) is 1.49. The van der Waals surface area contributed by atoms with Gasteiger partial charge in [0.25, 0.3) is 0 Å². The van der Waals surface area contributed by atoms with Gasteiger partial charge in [-0.25, -0.2) is 0 Å². The number of benzene rings is 1. The van der Waals surface area contributed by atoms with Crippen molar-refractivity contribution in [3.63, 3.8) is 0 Å². The summed E-state index contributed by atoms with van der Waals surface area (Å²) in [6, 6.07) is 5.77. The van der Waals surface area contributed by atoms with Gasteiger partial charge >= 0.3 is 0 Å². The van der Waals surface area contributed by atoms with E-state index in [4.69, 9.17) is 9.47 Å². The van der Waals surface area contributed by atoms with Crippen molar-refractivity contribution in [3.05, 3.63) is 29.3 Å². The second kappa shape index (κ2) is 3.10. The van der Waals surface area contributed by atoms with Gasteiger partial charge in [0.2, 0.25) is 5.78 Å². The van der Waals surface area contributed by atoms with Crippen LogP contribution in [0.5, 0.6) is 5.75 Å². The minimum absolute atomic E-state index is 0.0272. The predicted molar refractivity (Wildman–Crippen MR) is 63.7 cm³/mol. The average Bonchev–Trinajstić information content (AvgIpc) is 3.03. The molecule has 0 saturated carbocycles. The predicted octanol–water partition coefficient (Wildman–Crippen LogP) is 2.33. The summed E-state index contributed by atoms with van der Waals surface area (Å²) < 4.78 is 11.0. The van der Waals surface area contributed by atoms with Crippen LogP contribution in [0.2, 0.25) is 0 Å². The molecule has 1 spiro atoms. The van der Waals surface area contributed by atoms with E-state index in [0.717, 1.165) is 11.3 Å². The van der Waals surface area contributed by atoms with E-state index in [-0.39, 0.29) is 11.2 Å². The number of para-hydroxylation sites is 1. The summed E-state index contributed by atoms with van der Waals surface area (Å²) in [5, 5.41) is 0. The van der Waals surface area contributed by atoms with Gasteiger partial charge in [-0.15, -0.1) is 0 Å². The molecule has 0 aliphatic carbocycles. The highest BCUT2D eigenvalue weighted by molar-refractivity contribution is 6.07. The molecule has 0 aromatic heterocycles. The van der Waals surface area contributed by atoms with Crippen LogP contribution in [0, 0.1) is 0 Å². The number of fused-ring (bicyclic) bond motifs is 1. The van der Waals surface area contributed by atoms with Gasteiger partial charge in [0.05, 0.1) is 12.2 Å². The zero-order chi connectivity index (χ0) is 12.3. The van der Waals surface area contributed by atoms with Crippen molar-refractivity contribution in [2.45, 2.75) is 31.8 Å². The minimum atomic E-state index is -0.663. The Balaban J connectivity index is 2.14. The number of Topliss-reactive ketones (excluding diaryl/α,β-unsaturated/α-hetero) is 1. The molecule has 1 aromatic rings. The van der Waals surface area contributed by atoms with Crippen LogP contribution >= 0.6 is 0 Å². The summed E-state index contributed by atoms with van der Waals surface area (Å²) in [7, 11) is 0. The van der Waals surface area contributed by atoms with Crippen molar-refractivity contribution < 1.29 is 14.3 Å². The fourth-order valence-electron chi connectivity index (χ4n) is 2.26. The molecule has 0 bridgehead atoms. The molecule has 1 fully saturated rings. The number of hydrogen-bond acceptors (Lipinski definition) is 3. The first-order chi connectivity index (χ1) is 7.94. The molecule has 0 amide bonds. The lowest BCUT2D eigenvalue weighted by molar-refractivity contribution is 0.0752. The van der Waals surface area contributed by atoms with E-state index < -0.39 is 5.60 Å². The molecule has 1 aromatic carbocycles. The van der Waals surface area contributed by atoms with Crippen LogP contribution < -0.4 is 4.74 Å². The fraction of sp³-hybridized carbons (Fsp3) is 0.500. The molecule has 3 rings (SSSR count). The normalized spacial score (nSPS) is 26.6. The average molecular weight is 232 g/mol. The van der Waals surface area contributed by atoms with E-state index in [2.05, 4.69) is 20.8 Å². The number of carbonyl (C=O) groups is 1. The summed E-state index contributed by atoms with van der Waals surface area (Å²) in [6.07, 6.45) is 0. The molecule has 0 radical (unpaired) electrons.